The van der Waals surface area contributed by atoms with Crippen molar-refractivity contribution in [2.75, 3.05) is 23.4 Å². The van der Waals surface area contributed by atoms with Crippen LogP contribution in [0.3, 0.4) is 0 Å². The number of benzene rings is 3. The Balaban J connectivity index is 1.27. The van der Waals surface area contributed by atoms with Crippen molar-refractivity contribution in [1.29, 1.82) is 0 Å². The van der Waals surface area contributed by atoms with Gasteiger partial charge in [0, 0.05) is 41.3 Å². The van der Waals surface area contributed by atoms with Crippen molar-refractivity contribution in [3.8, 4) is 11.5 Å². The van der Waals surface area contributed by atoms with Crippen molar-refractivity contribution in [2.24, 2.45) is 11.8 Å². The Labute approximate surface area is 216 Å². The molecule has 3 heterocycles. The van der Waals surface area contributed by atoms with Crippen molar-refractivity contribution < 1.29 is 27.4 Å². The lowest BCUT2D eigenvalue weighted by Gasteiger charge is -2.36. The van der Waals surface area contributed by atoms with Crippen LogP contribution in [0.4, 0.5) is 11.4 Å². The van der Waals surface area contributed by atoms with Crippen LogP contribution in [-0.4, -0.2) is 27.6 Å². The monoisotopic (exact) mass is 520 g/mol. The first-order chi connectivity index (χ1) is 17.8. The highest BCUT2D eigenvalue weighted by Gasteiger charge is 2.42. The molecule has 3 aromatic carbocycles. The first-order valence-corrected chi connectivity index (χ1v) is 13.9. The standard InChI is InChI=1S/C28H28N2O6S/c1-16(2)27(31)18-5-3-17(4-6-18)26-21-11-12-34-28(21)22-14-20(8-9-23(22)29-26)37(32,33)30-19-7-10-24-25(13-19)36-15-35-24/h3-10,13-14,16,21,26,28-30H,11-12,15H2,1-2H3. The zero-order valence-electron chi connectivity index (χ0n) is 20.6. The Morgan fingerprint density at radius 3 is 2.57 bits per heavy atom. The van der Waals surface area contributed by atoms with Crippen LogP contribution in [0, 0.1) is 11.8 Å². The molecule has 2 N–H and O–H groups in total. The van der Waals surface area contributed by atoms with Gasteiger partial charge < -0.3 is 19.5 Å². The third kappa shape index (κ3) is 4.32. The van der Waals surface area contributed by atoms with Gasteiger partial charge in [0.15, 0.2) is 17.3 Å². The molecule has 1 saturated heterocycles. The number of ether oxygens (including phenoxy) is 3. The molecule has 3 atom stereocenters. The van der Waals surface area contributed by atoms with Crippen LogP contribution in [0.2, 0.25) is 0 Å². The topological polar surface area (TPSA) is 103 Å². The van der Waals surface area contributed by atoms with Crippen LogP contribution in [0.1, 0.15) is 53.9 Å². The molecule has 37 heavy (non-hydrogen) atoms. The van der Waals surface area contributed by atoms with Crippen molar-refractivity contribution in [1.82, 2.24) is 0 Å². The molecule has 0 spiro atoms. The molecule has 0 amide bonds. The number of hydrogen-bond donors (Lipinski definition) is 2. The zero-order chi connectivity index (χ0) is 25.7. The minimum absolute atomic E-state index is 0.00239. The van der Waals surface area contributed by atoms with Crippen molar-refractivity contribution in [3.63, 3.8) is 0 Å². The summed E-state index contributed by atoms with van der Waals surface area (Å²) in [4.78, 5) is 12.5. The average molecular weight is 521 g/mol. The lowest BCUT2D eigenvalue weighted by atomic mass is 9.81. The number of ketones is 1. The molecule has 6 rings (SSSR count). The summed E-state index contributed by atoms with van der Waals surface area (Å²) in [5.74, 6) is 1.30. The minimum atomic E-state index is -3.84. The summed E-state index contributed by atoms with van der Waals surface area (Å²) in [6.45, 7) is 4.52. The Morgan fingerprint density at radius 2 is 1.78 bits per heavy atom. The number of nitrogens with one attached hydrogen (secondary N) is 2. The molecule has 0 radical (unpaired) electrons. The average Bonchev–Trinajstić information content (AvgIpc) is 3.57. The van der Waals surface area contributed by atoms with E-state index in [4.69, 9.17) is 14.2 Å². The highest BCUT2D eigenvalue weighted by Crippen LogP contribution is 2.50. The Morgan fingerprint density at radius 1 is 1.00 bits per heavy atom. The summed E-state index contributed by atoms with van der Waals surface area (Å²) in [6, 6.07) is 17.8. The number of fused-ring (bicyclic) bond motifs is 4. The Kier molecular flexibility index (Phi) is 5.84. The predicted molar refractivity (Wildman–Crippen MR) is 139 cm³/mol. The van der Waals surface area contributed by atoms with Gasteiger partial charge in [-0.15, -0.1) is 0 Å². The van der Waals surface area contributed by atoms with E-state index in [9.17, 15) is 13.2 Å². The van der Waals surface area contributed by atoms with Crippen LogP contribution < -0.4 is 19.5 Å². The number of Topliss-reactive ketones (excluding diaryl/α,β-unsaturated/α-hetero) is 1. The van der Waals surface area contributed by atoms with Crippen molar-refractivity contribution in [3.05, 3.63) is 77.4 Å². The fourth-order valence-electron chi connectivity index (χ4n) is 5.31. The number of rotatable bonds is 6. The maximum atomic E-state index is 13.2. The summed E-state index contributed by atoms with van der Waals surface area (Å²) in [7, 11) is -3.84. The smallest absolute Gasteiger partial charge is 0.261 e. The normalized spacial score (nSPS) is 21.8. The molecule has 0 saturated carbocycles. The predicted octanol–water partition coefficient (Wildman–Crippen LogP) is 5.30. The highest BCUT2D eigenvalue weighted by molar-refractivity contribution is 7.92. The van der Waals surface area contributed by atoms with Gasteiger partial charge >= 0.3 is 0 Å². The van der Waals surface area contributed by atoms with E-state index in [1.165, 1.54) is 0 Å². The van der Waals surface area contributed by atoms with Crippen LogP contribution >= 0.6 is 0 Å². The van der Waals surface area contributed by atoms with Gasteiger partial charge in [0.25, 0.3) is 10.0 Å². The maximum Gasteiger partial charge on any atom is 0.261 e. The molecular formula is C28H28N2O6S. The zero-order valence-corrected chi connectivity index (χ0v) is 21.4. The molecule has 3 unspecified atom stereocenters. The van der Waals surface area contributed by atoms with E-state index >= 15 is 0 Å². The summed E-state index contributed by atoms with van der Waals surface area (Å²) < 4.78 is 45.9. The summed E-state index contributed by atoms with van der Waals surface area (Å²) in [5.41, 5.74) is 3.86. The van der Waals surface area contributed by atoms with Crippen LogP contribution in [0.25, 0.3) is 0 Å². The fourth-order valence-corrected chi connectivity index (χ4v) is 6.39. The maximum absolute atomic E-state index is 13.2. The van der Waals surface area contributed by atoms with E-state index in [1.807, 2.05) is 38.1 Å². The van der Waals surface area contributed by atoms with E-state index in [2.05, 4.69) is 10.0 Å². The largest absolute Gasteiger partial charge is 0.454 e. The first-order valence-electron chi connectivity index (χ1n) is 12.4. The number of hydrogen-bond acceptors (Lipinski definition) is 7. The van der Waals surface area contributed by atoms with Crippen molar-refractivity contribution >= 4 is 27.2 Å². The van der Waals surface area contributed by atoms with Crippen LogP contribution in [0.15, 0.2) is 65.6 Å². The quantitative estimate of drug-likeness (QED) is 0.425. The molecule has 8 nitrogen and oxygen atoms in total. The molecule has 3 aliphatic heterocycles. The van der Waals surface area contributed by atoms with E-state index in [0.717, 1.165) is 23.2 Å². The molecular weight excluding hydrogens is 492 g/mol. The van der Waals surface area contributed by atoms with Crippen molar-refractivity contribution in [2.45, 2.75) is 37.3 Å². The third-order valence-electron chi connectivity index (χ3n) is 7.22. The molecule has 1 fully saturated rings. The molecule has 0 aromatic heterocycles. The molecule has 0 aliphatic carbocycles. The summed E-state index contributed by atoms with van der Waals surface area (Å²) in [6.07, 6.45) is 0.625. The van der Waals surface area contributed by atoms with E-state index < -0.39 is 10.0 Å². The third-order valence-corrected chi connectivity index (χ3v) is 8.60. The van der Waals surface area contributed by atoms with E-state index in [0.29, 0.717) is 29.4 Å². The molecule has 3 aromatic rings. The van der Waals surface area contributed by atoms with Crippen LogP contribution in [-0.2, 0) is 14.8 Å². The van der Waals surface area contributed by atoms with Gasteiger partial charge in [-0.1, -0.05) is 38.1 Å². The molecule has 0 bridgehead atoms. The van der Waals surface area contributed by atoms with Gasteiger partial charge in [-0.25, -0.2) is 8.42 Å². The minimum Gasteiger partial charge on any atom is -0.454 e. The Bertz CT molecular complexity index is 1470. The van der Waals surface area contributed by atoms with E-state index in [-0.39, 0.29) is 41.5 Å². The second-order valence-electron chi connectivity index (χ2n) is 9.93. The first kappa shape index (κ1) is 23.8. The molecule has 9 heteroatoms. The number of carbonyl (C=O) groups excluding carboxylic acids is 1. The molecule has 3 aliphatic rings. The lowest BCUT2D eigenvalue weighted by molar-refractivity contribution is 0.0827. The summed E-state index contributed by atoms with van der Waals surface area (Å²) >= 11 is 0. The lowest BCUT2D eigenvalue weighted by Crippen LogP contribution is -2.29. The number of anilines is 2. The summed E-state index contributed by atoms with van der Waals surface area (Å²) in [5, 5.41) is 3.60. The van der Waals surface area contributed by atoms with Gasteiger partial charge in [-0.3, -0.25) is 9.52 Å². The van der Waals surface area contributed by atoms with Gasteiger partial charge in [-0.2, -0.15) is 0 Å². The SMILES string of the molecule is CC(C)C(=O)c1ccc(C2Nc3ccc(S(=O)(=O)Nc4ccc5c(c4)OCO5)cc3C3OCCC23)cc1. The number of carbonyl (C=O) groups is 1. The fraction of sp³-hybridized carbons (Fsp3) is 0.321. The highest BCUT2D eigenvalue weighted by atomic mass is 32.2. The number of sulfonamides is 1. The van der Waals surface area contributed by atoms with Gasteiger partial charge in [0.05, 0.1) is 22.7 Å². The van der Waals surface area contributed by atoms with E-state index in [1.54, 1.807) is 36.4 Å². The van der Waals surface area contributed by atoms with Gasteiger partial charge in [0.1, 0.15) is 0 Å². The van der Waals surface area contributed by atoms with Gasteiger partial charge in [0.2, 0.25) is 6.79 Å². The van der Waals surface area contributed by atoms with Crippen LogP contribution in [0.5, 0.6) is 11.5 Å². The Hall–Kier alpha value is -3.56. The second kappa shape index (κ2) is 9.08. The second-order valence-corrected chi connectivity index (χ2v) is 11.6. The molecule has 192 valence electrons. The van der Waals surface area contributed by atoms with Gasteiger partial charge in [-0.05, 0) is 42.3 Å².